The number of allylic oxidation sites excluding steroid dienone is 1. The van der Waals surface area contributed by atoms with E-state index in [4.69, 9.17) is 0 Å². The predicted octanol–water partition coefficient (Wildman–Crippen LogP) is 2.48. The summed E-state index contributed by atoms with van der Waals surface area (Å²) in [7, 11) is 0. The van der Waals surface area contributed by atoms with Crippen LogP contribution in [0.3, 0.4) is 0 Å². The molecule has 16 heavy (non-hydrogen) atoms. The molecule has 0 spiro atoms. The molecule has 0 unspecified atom stereocenters. The van der Waals surface area contributed by atoms with Gasteiger partial charge in [0.25, 0.3) is 0 Å². The van der Waals surface area contributed by atoms with E-state index in [1.54, 1.807) is 0 Å². The molecule has 0 N–H and O–H groups in total. The third-order valence-electron chi connectivity index (χ3n) is 2.17. The molecule has 1 nitrogen and oxygen atoms in total. The van der Waals surface area contributed by atoms with Crippen LogP contribution in [0.15, 0.2) is 24.3 Å². The van der Waals surface area contributed by atoms with E-state index in [2.05, 4.69) is 50.3 Å². The summed E-state index contributed by atoms with van der Waals surface area (Å²) < 4.78 is 5.34. The summed E-state index contributed by atoms with van der Waals surface area (Å²) in [5.74, 6) is 0. The zero-order valence-electron chi connectivity index (χ0n) is 9.15. The van der Waals surface area contributed by atoms with Gasteiger partial charge in [0, 0.05) is 0 Å². The van der Waals surface area contributed by atoms with Crippen LogP contribution in [0, 0.1) is 25.2 Å². The number of aryl methyl sites for hydroxylation is 2. The molecule has 3 heteroatoms. The van der Waals surface area contributed by atoms with E-state index in [-0.39, 0.29) is 0 Å². The molecule has 0 aliphatic heterocycles. The zero-order chi connectivity index (χ0) is 11.5. The van der Waals surface area contributed by atoms with Gasteiger partial charge in [0.2, 0.25) is 0 Å². The Balaban J connectivity index is 2.37. The SMILES string of the molecule is Cc1ccc(/C=C(\C#N)c2ccc(C)[se]2)[se]1. The van der Waals surface area contributed by atoms with E-state index >= 15 is 0 Å². The van der Waals surface area contributed by atoms with Gasteiger partial charge in [-0.25, -0.2) is 0 Å². The second-order valence-electron chi connectivity index (χ2n) is 3.53. The maximum absolute atomic E-state index is 9.19. The van der Waals surface area contributed by atoms with Crippen LogP contribution < -0.4 is 0 Å². The van der Waals surface area contributed by atoms with Crippen molar-refractivity contribution in [2.75, 3.05) is 0 Å². The molecule has 2 rings (SSSR count). The molecule has 0 radical (unpaired) electrons. The first-order chi connectivity index (χ1) is 7.69. The second-order valence-corrected chi connectivity index (χ2v) is 9.00. The molecule has 0 aliphatic carbocycles. The van der Waals surface area contributed by atoms with Gasteiger partial charge in [-0.1, -0.05) is 0 Å². The van der Waals surface area contributed by atoms with Crippen molar-refractivity contribution in [2.45, 2.75) is 13.8 Å². The summed E-state index contributed by atoms with van der Waals surface area (Å²) in [6.07, 6.45) is 2.06. The van der Waals surface area contributed by atoms with Crippen molar-refractivity contribution in [3.8, 4) is 6.07 Å². The monoisotopic (exact) mass is 341 g/mol. The molecule has 2 aromatic rings. The summed E-state index contributed by atoms with van der Waals surface area (Å²) in [6, 6.07) is 10.8. The number of nitrogens with zero attached hydrogens (tertiary/aromatic N) is 1. The van der Waals surface area contributed by atoms with Gasteiger partial charge >= 0.3 is 108 Å². The van der Waals surface area contributed by atoms with Crippen LogP contribution in [0.5, 0.6) is 0 Å². The van der Waals surface area contributed by atoms with Gasteiger partial charge in [-0.15, -0.1) is 0 Å². The molecule has 0 fully saturated rings. The van der Waals surface area contributed by atoms with Gasteiger partial charge in [0.05, 0.1) is 0 Å². The normalized spacial score (nSPS) is 11.4. The third kappa shape index (κ3) is 2.67. The van der Waals surface area contributed by atoms with E-state index in [0.29, 0.717) is 29.0 Å². The Morgan fingerprint density at radius 3 is 2.31 bits per heavy atom. The van der Waals surface area contributed by atoms with Crippen LogP contribution in [-0.2, 0) is 0 Å². The first-order valence-electron chi connectivity index (χ1n) is 4.94. The maximum atomic E-state index is 9.19. The molecular formula is C13H11NSe2. The van der Waals surface area contributed by atoms with Crippen LogP contribution in [0.4, 0.5) is 0 Å². The predicted molar refractivity (Wildman–Crippen MR) is 69.7 cm³/mol. The van der Waals surface area contributed by atoms with Crippen LogP contribution >= 0.6 is 0 Å². The van der Waals surface area contributed by atoms with E-state index < -0.39 is 0 Å². The fourth-order valence-corrected chi connectivity index (χ4v) is 4.88. The molecule has 0 saturated carbocycles. The molecule has 2 heterocycles. The van der Waals surface area contributed by atoms with Crippen molar-refractivity contribution < 1.29 is 0 Å². The Bertz CT molecular complexity index is 567. The van der Waals surface area contributed by atoms with Gasteiger partial charge in [-0.05, 0) is 0 Å². The minimum absolute atomic E-state index is 0.357. The van der Waals surface area contributed by atoms with Gasteiger partial charge in [0.15, 0.2) is 0 Å². The minimum atomic E-state index is 0.357. The van der Waals surface area contributed by atoms with E-state index in [1.807, 2.05) is 0 Å². The Labute approximate surface area is 108 Å². The quantitative estimate of drug-likeness (QED) is 0.609. The number of nitriles is 1. The molecule has 0 bridgehead atoms. The standard InChI is InChI=1S/C13H11NSe2/c1-9-3-5-12(15-9)7-11(8-14)13-6-4-10(2)16-13/h3-7H,1-2H3/b11-7+. The van der Waals surface area contributed by atoms with Crippen LogP contribution in [0.1, 0.15) is 17.7 Å². The van der Waals surface area contributed by atoms with Crippen molar-refractivity contribution >= 4 is 40.7 Å². The van der Waals surface area contributed by atoms with Crippen LogP contribution in [-0.4, -0.2) is 29.0 Å². The Morgan fingerprint density at radius 2 is 1.81 bits per heavy atom. The Kier molecular flexibility index (Phi) is 3.69. The molecule has 0 aliphatic rings. The molecular weight excluding hydrogens is 328 g/mol. The van der Waals surface area contributed by atoms with Crippen LogP contribution in [0.25, 0.3) is 11.6 Å². The summed E-state index contributed by atoms with van der Waals surface area (Å²) in [6.45, 7) is 4.27. The Morgan fingerprint density at radius 1 is 1.12 bits per heavy atom. The molecule has 2 aromatic heterocycles. The van der Waals surface area contributed by atoms with Crippen molar-refractivity contribution in [3.05, 3.63) is 42.0 Å². The molecule has 80 valence electrons. The summed E-state index contributed by atoms with van der Waals surface area (Å²) in [4.78, 5) is 0. The summed E-state index contributed by atoms with van der Waals surface area (Å²) in [5, 5.41) is 9.19. The van der Waals surface area contributed by atoms with Gasteiger partial charge in [0.1, 0.15) is 0 Å². The van der Waals surface area contributed by atoms with Crippen molar-refractivity contribution in [3.63, 3.8) is 0 Å². The first-order valence-corrected chi connectivity index (χ1v) is 8.36. The molecule has 0 atom stereocenters. The summed E-state index contributed by atoms with van der Waals surface area (Å²) in [5.41, 5.74) is 0.851. The van der Waals surface area contributed by atoms with Gasteiger partial charge in [-0.3, -0.25) is 0 Å². The van der Waals surface area contributed by atoms with E-state index in [9.17, 15) is 5.26 Å². The topological polar surface area (TPSA) is 23.8 Å². The number of hydrogen-bond donors (Lipinski definition) is 0. The second kappa shape index (κ2) is 5.04. The van der Waals surface area contributed by atoms with Gasteiger partial charge in [-0.2, -0.15) is 0 Å². The van der Waals surface area contributed by atoms with E-state index in [1.165, 1.54) is 17.7 Å². The number of hydrogen-bond acceptors (Lipinski definition) is 1. The van der Waals surface area contributed by atoms with Crippen LogP contribution in [0.2, 0.25) is 0 Å². The average Bonchev–Trinajstić information content (AvgIpc) is 2.84. The third-order valence-corrected chi connectivity index (χ3v) is 6.33. The molecule has 0 saturated heterocycles. The number of rotatable bonds is 2. The average molecular weight is 339 g/mol. The fourth-order valence-electron chi connectivity index (χ4n) is 1.41. The van der Waals surface area contributed by atoms with Crippen molar-refractivity contribution in [1.82, 2.24) is 0 Å². The summed E-state index contributed by atoms with van der Waals surface area (Å²) >= 11 is 0.785. The van der Waals surface area contributed by atoms with E-state index in [0.717, 1.165) is 5.57 Å². The Hall–Kier alpha value is -0.771. The first kappa shape index (κ1) is 11.7. The fraction of sp³-hybridized carbons (Fsp3) is 0.154. The molecule has 0 aromatic carbocycles. The van der Waals surface area contributed by atoms with Gasteiger partial charge < -0.3 is 0 Å². The zero-order valence-corrected chi connectivity index (χ0v) is 12.6. The molecule has 0 amide bonds. The van der Waals surface area contributed by atoms with Crippen molar-refractivity contribution in [1.29, 1.82) is 5.26 Å². The van der Waals surface area contributed by atoms with Crippen molar-refractivity contribution in [2.24, 2.45) is 0 Å².